The van der Waals surface area contributed by atoms with Crippen LogP contribution in [-0.4, -0.2) is 35.0 Å². The molecule has 1 aromatic heterocycles. The lowest BCUT2D eigenvalue weighted by Crippen LogP contribution is -2.33. The minimum atomic E-state index is -1.14. The van der Waals surface area contributed by atoms with Gasteiger partial charge in [-0.1, -0.05) is 19.3 Å². The normalized spacial score (nSPS) is 21.5. The Morgan fingerprint density at radius 2 is 1.64 bits per heavy atom. The molecular weight excluding hydrogens is 282 g/mol. The number of carboxylic acids is 1. The Morgan fingerprint density at radius 1 is 0.955 bits per heavy atom. The molecule has 120 valence electrons. The van der Waals surface area contributed by atoms with E-state index < -0.39 is 5.97 Å². The third-order valence-corrected chi connectivity index (χ3v) is 5.28. The topological polar surface area (TPSA) is 70.8 Å². The second kappa shape index (κ2) is 6.15. The quantitative estimate of drug-likeness (QED) is 0.907. The highest BCUT2D eigenvalue weighted by Gasteiger charge is 2.35. The zero-order valence-corrected chi connectivity index (χ0v) is 12.8. The molecule has 1 aromatic rings. The number of hydrogen-bond donors (Lipinski definition) is 1. The first-order chi connectivity index (χ1) is 10.6. The van der Waals surface area contributed by atoms with E-state index in [2.05, 4.69) is 0 Å². The minimum Gasteiger partial charge on any atom is -0.475 e. The Kier molecular flexibility index (Phi) is 4.23. The van der Waals surface area contributed by atoms with Gasteiger partial charge in [0.2, 0.25) is 5.76 Å². The van der Waals surface area contributed by atoms with E-state index in [0.29, 0.717) is 5.41 Å². The molecule has 1 aliphatic carbocycles. The molecular formula is C17H23NO4. The molecule has 1 saturated heterocycles. The van der Waals surface area contributed by atoms with Gasteiger partial charge >= 0.3 is 5.97 Å². The summed E-state index contributed by atoms with van der Waals surface area (Å²) in [6, 6.07) is 2.81. The van der Waals surface area contributed by atoms with Gasteiger partial charge in [0.05, 0.1) is 0 Å². The van der Waals surface area contributed by atoms with Crippen LogP contribution in [0.1, 0.15) is 72.5 Å². The predicted molar refractivity (Wildman–Crippen MR) is 80.9 cm³/mol. The third-order valence-electron chi connectivity index (χ3n) is 5.28. The van der Waals surface area contributed by atoms with Crippen LogP contribution in [0.5, 0.6) is 0 Å². The molecule has 5 nitrogen and oxygen atoms in total. The van der Waals surface area contributed by atoms with E-state index >= 15 is 0 Å². The zero-order valence-electron chi connectivity index (χ0n) is 12.8. The SMILES string of the molecule is O=C(O)c1ccc(C(=O)N2CCCC3(CCCCC3)CC2)o1. The van der Waals surface area contributed by atoms with Crippen molar-refractivity contribution < 1.29 is 19.1 Å². The predicted octanol–water partition coefficient (Wildman–Crippen LogP) is 3.55. The zero-order chi connectivity index (χ0) is 15.6. The average molecular weight is 305 g/mol. The summed E-state index contributed by atoms with van der Waals surface area (Å²) in [6.07, 6.45) is 9.84. The second-order valence-electron chi connectivity index (χ2n) is 6.68. The van der Waals surface area contributed by atoms with Crippen molar-refractivity contribution in [3.8, 4) is 0 Å². The number of aromatic carboxylic acids is 1. The van der Waals surface area contributed by atoms with Gasteiger partial charge in [0.1, 0.15) is 0 Å². The standard InChI is InChI=1S/C17H23NO4/c19-15(13-5-6-14(22-13)16(20)21)18-11-4-9-17(10-12-18)7-2-1-3-8-17/h5-6H,1-4,7-12H2,(H,20,21). The van der Waals surface area contributed by atoms with Crippen LogP contribution in [-0.2, 0) is 0 Å². The summed E-state index contributed by atoms with van der Waals surface area (Å²) in [6.45, 7) is 1.49. The van der Waals surface area contributed by atoms with Gasteiger partial charge in [-0.15, -0.1) is 0 Å². The Balaban J connectivity index is 1.67. The Hall–Kier alpha value is -1.78. The smallest absolute Gasteiger partial charge is 0.371 e. The van der Waals surface area contributed by atoms with Crippen molar-refractivity contribution in [2.24, 2.45) is 5.41 Å². The first kappa shape index (κ1) is 15.1. The van der Waals surface area contributed by atoms with Crippen LogP contribution in [0, 0.1) is 5.41 Å². The summed E-state index contributed by atoms with van der Waals surface area (Å²) in [4.78, 5) is 25.2. The van der Waals surface area contributed by atoms with Gasteiger partial charge in [0, 0.05) is 13.1 Å². The molecule has 1 saturated carbocycles. The van der Waals surface area contributed by atoms with Gasteiger partial charge in [-0.2, -0.15) is 0 Å². The number of carbonyl (C=O) groups is 2. The van der Waals surface area contributed by atoms with Crippen molar-refractivity contribution in [1.29, 1.82) is 0 Å². The summed E-state index contributed by atoms with van der Waals surface area (Å²) in [5.41, 5.74) is 0.433. The molecule has 0 unspecified atom stereocenters. The molecule has 22 heavy (non-hydrogen) atoms. The van der Waals surface area contributed by atoms with Crippen molar-refractivity contribution in [3.63, 3.8) is 0 Å². The molecule has 1 amide bonds. The lowest BCUT2D eigenvalue weighted by Gasteiger charge is -2.36. The first-order valence-electron chi connectivity index (χ1n) is 8.22. The molecule has 0 bridgehead atoms. The summed E-state index contributed by atoms with van der Waals surface area (Å²) in [7, 11) is 0. The summed E-state index contributed by atoms with van der Waals surface area (Å²) >= 11 is 0. The van der Waals surface area contributed by atoms with E-state index in [1.54, 1.807) is 0 Å². The maximum absolute atomic E-state index is 12.5. The Labute approximate surface area is 130 Å². The number of carboxylic acid groups (broad SMARTS) is 1. The molecule has 5 heteroatoms. The molecule has 2 fully saturated rings. The molecule has 1 N–H and O–H groups in total. The van der Waals surface area contributed by atoms with Crippen molar-refractivity contribution in [2.45, 2.75) is 51.4 Å². The van der Waals surface area contributed by atoms with E-state index in [1.165, 1.54) is 50.7 Å². The highest BCUT2D eigenvalue weighted by molar-refractivity contribution is 5.93. The van der Waals surface area contributed by atoms with Crippen LogP contribution < -0.4 is 0 Å². The molecule has 0 atom stereocenters. The van der Waals surface area contributed by atoms with Gasteiger partial charge in [-0.05, 0) is 49.7 Å². The average Bonchev–Trinajstić information content (AvgIpc) is 2.93. The van der Waals surface area contributed by atoms with Crippen molar-refractivity contribution in [2.75, 3.05) is 13.1 Å². The number of hydrogen-bond acceptors (Lipinski definition) is 3. The van der Waals surface area contributed by atoms with Crippen LogP contribution in [0.2, 0.25) is 0 Å². The summed E-state index contributed by atoms with van der Waals surface area (Å²) in [5.74, 6) is -1.37. The number of nitrogens with zero attached hydrogens (tertiary/aromatic N) is 1. The number of amides is 1. The van der Waals surface area contributed by atoms with Crippen LogP contribution in [0.15, 0.2) is 16.5 Å². The van der Waals surface area contributed by atoms with E-state index in [4.69, 9.17) is 9.52 Å². The molecule has 3 rings (SSSR count). The van der Waals surface area contributed by atoms with Crippen molar-refractivity contribution in [1.82, 2.24) is 4.90 Å². The summed E-state index contributed by atoms with van der Waals surface area (Å²) in [5, 5.41) is 8.88. The highest BCUT2D eigenvalue weighted by atomic mass is 16.4. The molecule has 0 radical (unpaired) electrons. The van der Waals surface area contributed by atoms with Crippen molar-refractivity contribution in [3.05, 3.63) is 23.7 Å². The maximum Gasteiger partial charge on any atom is 0.371 e. The Morgan fingerprint density at radius 3 is 2.32 bits per heavy atom. The molecule has 1 spiro atoms. The highest BCUT2D eigenvalue weighted by Crippen LogP contribution is 2.44. The van der Waals surface area contributed by atoms with Crippen LogP contribution in [0.3, 0.4) is 0 Å². The van der Waals surface area contributed by atoms with Crippen LogP contribution in [0.25, 0.3) is 0 Å². The second-order valence-corrected chi connectivity index (χ2v) is 6.68. The van der Waals surface area contributed by atoms with Gasteiger partial charge in [-0.3, -0.25) is 4.79 Å². The van der Waals surface area contributed by atoms with Gasteiger partial charge in [0.15, 0.2) is 5.76 Å². The van der Waals surface area contributed by atoms with E-state index in [1.807, 2.05) is 4.90 Å². The fourth-order valence-corrected chi connectivity index (χ4v) is 3.98. The van der Waals surface area contributed by atoms with Crippen molar-refractivity contribution >= 4 is 11.9 Å². The molecule has 2 aliphatic rings. The fourth-order valence-electron chi connectivity index (χ4n) is 3.98. The van der Waals surface area contributed by atoms with Gasteiger partial charge in [-0.25, -0.2) is 4.79 Å². The minimum absolute atomic E-state index is 0.136. The van der Waals surface area contributed by atoms with Gasteiger partial charge in [0.25, 0.3) is 5.91 Å². The van der Waals surface area contributed by atoms with E-state index in [9.17, 15) is 9.59 Å². The largest absolute Gasteiger partial charge is 0.475 e. The van der Waals surface area contributed by atoms with Crippen LogP contribution in [0.4, 0.5) is 0 Å². The van der Waals surface area contributed by atoms with Crippen LogP contribution >= 0.6 is 0 Å². The number of furan rings is 1. The first-order valence-corrected chi connectivity index (χ1v) is 8.22. The van der Waals surface area contributed by atoms with Gasteiger partial charge < -0.3 is 14.4 Å². The fraction of sp³-hybridized carbons (Fsp3) is 0.647. The Bertz CT molecular complexity index is 557. The third kappa shape index (κ3) is 3.03. The van der Waals surface area contributed by atoms with E-state index in [0.717, 1.165) is 25.9 Å². The molecule has 1 aliphatic heterocycles. The van der Waals surface area contributed by atoms with E-state index in [-0.39, 0.29) is 17.4 Å². The number of carbonyl (C=O) groups excluding carboxylic acids is 1. The number of rotatable bonds is 2. The lowest BCUT2D eigenvalue weighted by molar-refractivity contribution is 0.0649. The maximum atomic E-state index is 12.5. The lowest BCUT2D eigenvalue weighted by atomic mass is 9.69. The molecule has 2 heterocycles. The summed E-state index contributed by atoms with van der Waals surface area (Å²) < 4.78 is 5.15. The molecule has 0 aromatic carbocycles. The monoisotopic (exact) mass is 305 g/mol. The number of likely N-dealkylation sites (tertiary alicyclic amines) is 1.